The summed E-state index contributed by atoms with van der Waals surface area (Å²) in [6, 6.07) is 4.10. The molecule has 1 aromatic rings. The molecule has 0 aliphatic carbocycles. The van der Waals surface area contributed by atoms with Gasteiger partial charge in [0.2, 0.25) is 0 Å². The van der Waals surface area contributed by atoms with Crippen LogP contribution < -0.4 is 10.5 Å². The maximum absolute atomic E-state index is 12.1. The molecule has 0 heterocycles. The van der Waals surface area contributed by atoms with Crippen molar-refractivity contribution in [3.8, 4) is 5.75 Å². The number of aliphatic hydroxyl groups excluding tert-OH is 1. The summed E-state index contributed by atoms with van der Waals surface area (Å²) in [5.41, 5.74) is 6.31. The van der Waals surface area contributed by atoms with Gasteiger partial charge in [0.15, 0.2) is 0 Å². The minimum atomic E-state index is -4.73. The monoisotopic (exact) mass is 263 g/mol. The molecule has 0 bridgehead atoms. The molecular weight excluding hydrogens is 247 g/mol. The van der Waals surface area contributed by atoms with Crippen LogP contribution in [0.1, 0.15) is 30.1 Å². The van der Waals surface area contributed by atoms with Gasteiger partial charge in [0.25, 0.3) is 0 Å². The Hall–Kier alpha value is -1.27. The van der Waals surface area contributed by atoms with Crippen LogP contribution in [0.3, 0.4) is 0 Å². The molecule has 0 spiro atoms. The van der Waals surface area contributed by atoms with Crippen LogP contribution in [0.2, 0.25) is 0 Å². The fraction of sp³-hybridized carbons (Fsp3) is 0.500. The molecule has 18 heavy (non-hydrogen) atoms. The number of halogens is 3. The molecule has 6 heteroatoms. The number of alkyl halides is 3. The van der Waals surface area contributed by atoms with Crippen molar-refractivity contribution in [1.82, 2.24) is 0 Å². The summed E-state index contributed by atoms with van der Waals surface area (Å²) in [5.74, 6) is -0.315. The molecular formula is C12H16F3NO2. The van der Waals surface area contributed by atoms with Crippen molar-refractivity contribution in [2.24, 2.45) is 5.73 Å². The van der Waals surface area contributed by atoms with Gasteiger partial charge in [0.05, 0.1) is 6.10 Å². The van der Waals surface area contributed by atoms with E-state index in [2.05, 4.69) is 4.74 Å². The lowest BCUT2D eigenvalue weighted by atomic mass is 10.0. The van der Waals surface area contributed by atoms with Crippen LogP contribution in [0, 0.1) is 6.92 Å². The first-order valence-corrected chi connectivity index (χ1v) is 5.57. The summed E-state index contributed by atoms with van der Waals surface area (Å²) in [6.45, 7) is 2.07. The molecule has 0 radical (unpaired) electrons. The second kappa shape index (κ2) is 6.06. The summed E-state index contributed by atoms with van der Waals surface area (Å²) in [6.07, 6.45) is -4.55. The van der Waals surface area contributed by atoms with E-state index in [1.54, 1.807) is 13.0 Å². The minimum Gasteiger partial charge on any atom is -0.406 e. The van der Waals surface area contributed by atoms with Crippen molar-refractivity contribution in [2.75, 3.05) is 6.54 Å². The van der Waals surface area contributed by atoms with Crippen molar-refractivity contribution in [3.63, 3.8) is 0 Å². The Balaban J connectivity index is 2.86. The summed E-state index contributed by atoms with van der Waals surface area (Å²) < 4.78 is 40.2. The first kappa shape index (κ1) is 14.8. The number of ether oxygens (including phenoxy) is 1. The van der Waals surface area contributed by atoms with Crippen molar-refractivity contribution < 1.29 is 23.0 Å². The number of rotatable bonds is 5. The number of hydrogen-bond acceptors (Lipinski definition) is 3. The van der Waals surface area contributed by atoms with E-state index in [4.69, 9.17) is 5.73 Å². The van der Waals surface area contributed by atoms with Gasteiger partial charge >= 0.3 is 6.36 Å². The van der Waals surface area contributed by atoms with Gasteiger partial charge in [-0.2, -0.15) is 0 Å². The van der Waals surface area contributed by atoms with Crippen molar-refractivity contribution in [1.29, 1.82) is 0 Å². The van der Waals surface area contributed by atoms with E-state index in [-0.39, 0.29) is 5.75 Å². The van der Waals surface area contributed by atoms with Gasteiger partial charge in [0.1, 0.15) is 5.75 Å². The molecule has 0 saturated carbocycles. The number of aryl methyl sites for hydroxylation is 1. The number of hydrogen-bond donors (Lipinski definition) is 2. The fourth-order valence-electron chi connectivity index (χ4n) is 1.64. The Morgan fingerprint density at radius 1 is 1.33 bits per heavy atom. The number of benzene rings is 1. The second-order valence-electron chi connectivity index (χ2n) is 4.07. The van der Waals surface area contributed by atoms with Crippen molar-refractivity contribution >= 4 is 0 Å². The fourth-order valence-corrected chi connectivity index (χ4v) is 1.64. The predicted octanol–water partition coefficient (Wildman–Crippen LogP) is 2.67. The Bertz CT molecular complexity index is 393. The van der Waals surface area contributed by atoms with Gasteiger partial charge in [-0.1, -0.05) is 6.07 Å². The normalized spacial score (nSPS) is 13.4. The van der Waals surface area contributed by atoms with Crippen LogP contribution >= 0.6 is 0 Å². The topological polar surface area (TPSA) is 55.5 Å². The zero-order chi connectivity index (χ0) is 13.8. The van der Waals surface area contributed by atoms with E-state index < -0.39 is 12.5 Å². The van der Waals surface area contributed by atoms with Gasteiger partial charge in [-0.05, 0) is 49.6 Å². The highest BCUT2D eigenvalue weighted by Crippen LogP contribution is 2.28. The third-order valence-electron chi connectivity index (χ3n) is 2.37. The van der Waals surface area contributed by atoms with Crippen LogP contribution in [-0.2, 0) is 0 Å². The molecule has 1 rings (SSSR count). The second-order valence-corrected chi connectivity index (χ2v) is 4.07. The number of aliphatic hydroxyl groups is 1. The summed E-state index contributed by atoms with van der Waals surface area (Å²) >= 11 is 0. The zero-order valence-electron chi connectivity index (χ0n) is 10.00. The molecule has 0 unspecified atom stereocenters. The largest absolute Gasteiger partial charge is 0.573 e. The maximum atomic E-state index is 12.1. The first-order valence-electron chi connectivity index (χ1n) is 5.57. The average molecular weight is 263 g/mol. The third-order valence-corrected chi connectivity index (χ3v) is 2.37. The lowest BCUT2D eigenvalue weighted by molar-refractivity contribution is -0.274. The Morgan fingerprint density at radius 2 is 2.00 bits per heavy atom. The molecule has 0 saturated heterocycles. The Labute approximate surface area is 103 Å². The van der Waals surface area contributed by atoms with E-state index in [0.29, 0.717) is 30.5 Å². The van der Waals surface area contributed by atoms with Gasteiger partial charge < -0.3 is 15.6 Å². The molecule has 1 atom stereocenters. The SMILES string of the molecule is Cc1cc(OC(F)(F)F)cc([C@@H](O)CCCN)c1. The molecule has 3 N–H and O–H groups in total. The maximum Gasteiger partial charge on any atom is 0.573 e. The zero-order valence-corrected chi connectivity index (χ0v) is 10.00. The summed E-state index contributed by atoms with van der Waals surface area (Å²) in [7, 11) is 0. The standard InChI is InChI=1S/C12H16F3NO2/c1-8-5-9(11(17)3-2-4-16)7-10(6-8)18-12(13,14)15/h5-7,11,17H,2-4,16H2,1H3/t11-/m0/s1. The molecule has 3 nitrogen and oxygen atoms in total. The van der Waals surface area contributed by atoms with Gasteiger partial charge in [-0.3, -0.25) is 0 Å². The minimum absolute atomic E-state index is 0.315. The lowest BCUT2D eigenvalue weighted by Crippen LogP contribution is -2.17. The molecule has 0 amide bonds. The van der Waals surface area contributed by atoms with Crippen molar-refractivity contribution in [3.05, 3.63) is 29.3 Å². The predicted molar refractivity (Wildman–Crippen MR) is 61.1 cm³/mol. The highest BCUT2D eigenvalue weighted by molar-refractivity contribution is 5.35. The molecule has 0 aliphatic rings. The summed E-state index contributed by atoms with van der Waals surface area (Å²) in [5, 5.41) is 9.81. The Morgan fingerprint density at radius 3 is 2.56 bits per heavy atom. The lowest BCUT2D eigenvalue weighted by Gasteiger charge is -2.14. The molecule has 0 aliphatic heterocycles. The van der Waals surface area contributed by atoms with Gasteiger partial charge in [0, 0.05) is 0 Å². The van der Waals surface area contributed by atoms with E-state index in [9.17, 15) is 18.3 Å². The van der Waals surface area contributed by atoms with E-state index in [0.717, 1.165) is 0 Å². The highest BCUT2D eigenvalue weighted by Gasteiger charge is 2.31. The van der Waals surface area contributed by atoms with E-state index in [1.807, 2.05) is 0 Å². The quantitative estimate of drug-likeness (QED) is 0.858. The average Bonchev–Trinajstić information content (AvgIpc) is 2.22. The molecule has 0 aromatic heterocycles. The molecule has 1 aromatic carbocycles. The van der Waals surface area contributed by atoms with E-state index >= 15 is 0 Å². The highest BCUT2D eigenvalue weighted by atomic mass is 19.4. The van der Waals surface area contributed by atoms with Crippen molar-refractivity contribution in [2.45, 2.75) is 32.2 Å². The third kappa shape index (κ3) is 4.93. The van der Waals surface area contributed by atoms with Crippen LogP contribution in [0.4, 0.5) is 13.2 Å². The smallest absolute Gasteiger partial charge is 0.406 e. The summed E-state index contributed by atoms with van der Waals surface area (Å²) in [4.78, 5) is 0. The van der Waals surface area contributed by atoms with Gasteiger partial charge in [-0.25, -0.2) is 0 Å². The number of nitrogens with two attached hydrogens (primary N) is 1. The molecule has 0 fully saturated rings. The van der Waals surface area contributed by atoms with Crippen LogP contribution in [0.15, 0.2) is 18.2 Å². The van der Waals surface area contributed by atoms with E-state index in [1.165, 1.54) is 12.1 Å². The molecule has 102 valence electrons. The van der Waals surface area contributed by atoms with Crippen LogP contribution in [0.5, 0.6) is 5.75 Å². The van der Waals surface area contributed by atoms with Crippen LogP contribution in [0.25, 0.3) is 0 Å². The van der Waals surface area contributed by atoms with Gasteiger partial charge in [-0.15, -0.1) is 13.2 Å². The first-order chi connectivity index (χ1) is 8.31. The van der Waals surface area contributed by atoms with Crippen LogP contribution in [-0.4, -0.2) is 18.0 Å². The Kier molecular flexibility index (Phi) is 4.98.